The highest BCUT2D eigenvalue weighted by Crippen LogP contribution is 2.28. The molecule has 0 aliphatic carbocycles. The number of methoxy groups -OCH3 is 1. The topological polar surface area (TPSA) is 105 Å². The summed E-state index contributed by atoms with van der Waals surface area (Å²) in [5.74, 6) is 0.473. The second-order valence-electron chi connectivity index (χ2n) is 5.52. The summed E-state index contributed by atoms with van der Waals surface area (Å²) in [6.07, 6.45) is 0. The molecule has 2 aromatic rings. The number of ether oxygens (including phenoxy) is 1. The summed E-state index contributed by atoms with van der Waals surface area (Å²) in [5, 5.41) is 17.1. The summed E-state index contributed by atoms with van der Waals surface area (Å²) < 4.78 is 5.84. The van der Waals surface area contributed by atoms with Gasteiger partial charge in [0.05, 0.1) is 19.4 Å². The summed E-state index contributed by atoms with van der Waals surface area (Å²) >= 11 is 2.62. The van der Waals surface area contributed by atoms with Crippen LogP contribution in [0.4, 0.5) is 10.8 Å². The van der Waals surface area contributed by atoms with E-state index in [9.17, 15) is 9.59 Å². The van der Waals surface area contributed by atoms with Crippen molar-refractivity contribution in [2.24, 2.45) is 0 Å². The largest absolute Gasteiger partial charge is 0.497 e. The minimum atomic E-state index is -0.230. The SMILES string of the molecule is COc1cccc(Nc2nnc(SCC(=O)NCC(=O)NC(C)C)s2)c1. The summed E-state index contributed by atoms with van der Waals surface area (Å²) in [5.41, 5.74) is 0.839. The van der Waals surface area contributed by atoms with E-state index >= 15 is 0 Å². The van der Waals surface area contributed by atoms with Crippen molar-refractivity contribution in [1.29, 1.82) is 0 Å². The fourth-order valence-electron chi connectivity index (χ4n) is 1.87. The molecular formula is C16H21N5O3S2. The lowest BCUT2D eigenvalue weighted by atomic mass is 10.3. The standard InChI is InChI=1S/C16H21N5O3S2/c1-10(2)18-13(22)8-17-14(23)9-25-16-21-20-15(26-16)19-11-5-4-6-12(7-11)24-3/h4-7,10H,8-9H2,1-3H3,(H,17,23)(H,18,22)(H,19,20). The minimum absolute atomic E-state index is 0.0314. The number of nitrogens with zero attached hydrogens (tertiary/aromatic N) is 2. The van der Waals surface area contributed by atoms with Gasteiger partial charge in [0, 0.05) is 17.8 Å². The van der Waals surface area contributed by atoms with Crippen molar-refractivity contribution in [2.45, 2.75) is 24.2 Å². The van der Waals surface area contributed by atoms with Crippen molar-refractivity contribution in [3.05, 3.63) is 24.3 Å². The molecule has 0 aliphatic heterocycles. The number of carbonyl (C=O) groups is 2. The van der Waals surface area contributed by atoms with Gasteiger partial charge in [-0.05, 0) is 26.0 Å². The molecule has 1 aromatic heterocycles. The van der Waals surface area contributed by atoms with E-state index in [0.29, 0.717) is 9.47 Å². The Balaban J connectivity index is 1.77. The zero-order chi connectivity index (χ0) is 18.9. The molecule has 2 rings (SSSR count). The second kappa shape index (κ2) is 9.97. The Bertz CT molecular complexity index is 751. The van der Waals surface area contributed by atoms with E-state index in [0.717, 1.165) is 11.4 Å². The second-order valence-corrected chi connectivity index (χ2v) is 7.72. The van der Waals surface area contributed by atoms with E-state index in [1.807, 2.05) is 38.1 Å². The summed E-state index contributed by atoms with van der Waals surface area (Å²) in [4.78, 5) is 23.3. The first kappa shape index (κ1) is 20.0. The molecule has 0 spiro atoms. The number of hydrogen-bond donors (Lipinski definition) is 3. The van der Waals surface area contributed by atoms with Crippen molar-refractivity contribution in [1.82, 2.24) is 20.8 Å². The predicted molar refractivity (Wildman–Crippen MR) is 103 cm³/mol. The third-order valence-electron chi connectivity index (χ3n) is 2.95. The van der Waals surface area contributed by atoms with Gasteiger partial charge in [0.25, 0.3) is 0 Å². The Morgan fingerprint density at radius 1 is 1.27 bits per heavy atom. The average Bonchev–Trinajstić information content (AvgIpc) is 3.05. The minimum Gasteiger partial charge on any atom is -0.497 e. The molecule has 0 unspecified atom stereocenters. The number of nitrogens with one attached hydrogen (secondary N) is 3. The van der Waals surface area contributed by atoms with Gasteiger partial charge in [-0.15, -0.1) is 10.2 Å². The van der Waals surface area contributed by atoms with Gasteiger partial charge in [-0.2, -0.15) is 0 Å². The Hall–Kier alpha value is -2.33. The number of benzene rings is 1. The Labute approximate surface area is 160 Å². The lowest BCUT2D eigenvalue weighted by Crippen LogP contribution is -2.40. The van der Waals surface area contributed by atoms with Crippen molar-refractivity contribution in [3.63, 3.8) is 0 Å². The number of hydrogen-bond acceptors (Lipinski definition) is 8. The molecule has 0 atom stereocenters. The third kappa shape index (κ3) is 6.89. The lowest BCUT2D eigenvalue weighted by molar-refractivity contribution is -0.125. The maximum atomic E-state index is 11.8. The number of aromatic nitrogens is 2. The molecule has 0 fully saturated rings. The van der Waals surface area contributed by atoms with Crippen LogP contribution >= 0.6 is 23.1 Å². The van der Waals surface area contributed by atoms with Gasteiger partial charge in [-0.3, -0.25) is 9.59 Å². The van der Waals surface area contributed by atoms with E-state index < -0.39 is 0 Å². The predicted octanol–water partition coefficient (Wildman–Crippen LogP) is 2.02. The quantitative estimate of drug-likeness (QED) is 0.558. The first-order chi connectivity index (χ1) is 12.5. The van der Waals surface area contributed by atoms with Gasteiger partial charge < -0.3 is 20.7 Å². The molecule has 1 aromatic carbocycles. The number of amides is 2. The van der Waals surface area contributed by atoms with E-state index in [1.165, 1.54) is 23.1 Å². The van der Waals surface area contributed by atoms with Crippen LogP contribution in [-0.4, -0.2) is 47.5 Å². The van der Waals surface area contributed by atoms with Crippen LogP contribution in [0.1, 0.15) is 13.8 Å². The van der Waals surface area contributed by atoms with Gasteiger partial charge >= 0.3 is 0 Å². The van der Waals surface area contributed by atoms with Gasteiger partial charge in [0.1, 0.15) is 5.75 Å². The van der Waals surface area contributed by atoms with Crippen LogP contribution in [0.5, 0.6) is 5.75 Å². The first-order valence-electron chi connectivity index (χ1n) is 7.89. The fourth-order valence-corrected chi connectivity index (χ4v) is 3.48. The maximum Gasteiger partial charge on any atom is 0.239 e. The highest BCUT2D eigenvalue weighted by molar-refractivity contribution is 8.01. The maximum absolute atomic E-state index is 11.8. The highest BCUT2D eigenvalue weighted by atomic mass is 32.2. The van der Waals surface area contributed by atoms with Crippen LogP contribution in [0.15, 0.2) is 28.6 Å². The van der Waals surface area contributed by atoms with E-state index in [1.54, 1.807) is 7.11 Å². The van der Waals surface area contributed by atoms with E-state index in [4.69, 9.17) is 4.74 Å². The van der Waals surface area contributed by atoms with Crippen LogP contribution in [0.25, 0.3) is 0 Å². The molecule has 1 heterocycles. The molecule has 26 heavy (non-hydrogen) atoms. The van der Waals surface area contributed by atoms with E-state index in [2.05, 4.69) is 26.1 Å². The smallest absolute Gasteiger partial charge is 0.239 e. The summed E-state index contributed by atoms with van der Waals surface area (Å²) in [6, 6.07) is 7.52. The van der Waals surface area contributed by atoms with Crippen molar-refractivity contribution in [2.75, 3.05) is 24.7 Å². The van der Waals surface area contributed by atoms with Crippen molar-refractivity contribution < 1.29 is 14.3 Å². The molecule has 2 amide bonds. The summed E-state index contributed by atoms with van der Waals surface area (Å²) in [7, 11) is 1.61. The van der Waals surface area contributed by atoms with Crippen LogP contribution in [0.3, 0.4) is 0 Å². The van der Waals surface area contributed by atoms with Crippen LogP contribution in [0, 0.1) is 0 Å². The van der Waals surface area contributed by atoms with Crippen molar-refractivity contribution in [3.8, 4) is 5.75 Å². The summed E-state index contributed by atoms with van der Waals surface area (Å²) in [6.45, 7) is 3.70. The third-order valence-corrected chi connectivity index (χ3v) is 4.92. The Morgan fingerprint density at radius 2 is 2.08 bits per heavy atom. The molecule has 0 bridgehead atoms. The lowest BCUT2D eigenvalue weighted by Gasteiger charge is -2.08. The number of carbonyl (C=O) groups excluding carboxylic acids is 2. The highest BCUT2D eigenvalue weighted by Gasteiger charge is 2.10. The van der Waals surface area contributed by atoms with Crippen LogP contribution < -0.4 is 20.7 Å². The average molecular weight is 396 g/mol. The molecule has 0 saturated heterocycles. The molecule has 8 nitrogen and oxygen atoms in total. The molecule has 10 heteroatoms. The van der Waals surface area contributed by atoms with Gasteiger partial charge in [-0.1, -0.05) is 29.2 Å². The monoisotopic (exact) mass is 395 g/mol. The zero-order valence-corrected chi connectivity index (χ0v) is 16.4. The van der Waals surface area contributed by atoms with Gasteiger partial charge in [0.2, 0.25) is 16.9 Å². The first-order valence-corrected chi connectivity index (χ1v) is 9.70. The zero-order valence-electron chi connectivity index (χ0n) is 14.7. The normalized spacial score (nSPS) is 10.5. The molecule has 140 valence electrons. The number of anilines is 2. The Morgan fingerprint density at radius 3 is 2.81 bits per heavy atom. The fraction of sp³-hybridized carbons (Fsp3) is 0.375. The number of rotatable bonds is 9. The van der Waals surface area contributed by atoms with Crippen molar-refractivity contribution >= 4 is 45.7 Å². The van der Waals surface area contributed by atoms with Crippen LogP contribution in [0.2, 0.25) is 0 Å². The van der Waals surface area contributed by atoms with E-state index in [-0.39, 0.29) is 30.2 Å². The molecule has 0 saturated carbocycles. The molecule has 0 radical (unpaired) electrons. The molecule has 0 aliphatic rings. The molecular weight excluding hydrogens is 374 g/mol. The van der Waals surface area contributed by atoms with Gasteiger partial charge in [0.15, 0.2) is 4.34 Å². The van der Waals surface area contributed by atoms with Gasteiger partial charge in [-0.25, -0.2) is 0 Å². The Kier molecular flexibility index (Phi) is 7.67. The molecule has 3 N–H and O–H groups in total. The number of thioether (sulfide) groups is 1. The van der Waals surface area contributed by atoms with Crippen LogP contribution in [-0.2, 0) is 9.59 Å².